The number of para-hydroxylation sites is 1. The molecule has 3 aromatic rings. The van der Waals surface area contributed by atoms with Gasteiger partial charge in [-0.3, -0.25) is 4.79 Å². The zero-order valence-electron chi connectivity index (χ0n) is 18.2. The summed E-state index contributed by atoms with van der Waals surface area (Å²) in [6, 6.07) is 13.6. The first kappa shape index (κ1) is 23.4. The summed E-state index contributed by atoms with van der Waals surface area (Å²) in [5, 5.41) is 5.76. The predicted molar refractivity (Wildman–Crippen MR) is 125 cm³/mol. The van der Waals surface area contributed by atoms with Crippen molar-refractivity contribution in [1.82, 2.24) is 14.6 Å². The predicted octanol–water partition coefficient (Wildman–Crippen LogP) is 2.98. The minimum Gasteiger partial charge on any atom is -0.486 e. The molecular weight excluding hydrogens is 462 g/mol. The van der Waals surface area contributed by atoms with Crippen molar-refractivity contribution in [1.29, 1.82) is 0 Å². The Bertz CT molecular complexity index is 1200. The number of aryl methyl sites for hydroxylation is 1. The van der Waals surface area contributed by atoms with Crippen LogP contribution >= 0.6 is 11.3 Å². The Kier molecular flexibility index (Phi) is 7.39. The van der Waals surface area contributed by atoms with Crippen LogP contribution in [0.15, 0.2) is 58.8 Å². The molecule has 1 aliphatic rings. The highest BCUT2D eigenvalue weighted by Crippen LogP contribution is 2.21. The second-order valence-corrected chi connectivity index (χ2v) is 10.5. The molecule has 1 fully saturated rings. The van der Waals surface area contributed by atoms with Gasteiger partial charge in [0.2, 0.25) is 10.0 Å². The molecule has 0 unspecified atom stereocenters. The molecular formula is C23H25N3O5S2. The van der Waals surface area contributed by atoms with Crippen molar-refractivity contribution < 1.29 is 22.7 Å². The number of nitrogens with one attached hydrogen (secondary N) is 1. The first-order chi connectivity index (χ1) is 15.9. The third-order valence-electron chi connectivity index (χ3n) is 5.16. The Morgan fingerprint density at radius 3 is 2.58 bits per heavy atom. The maximum Gasteiger partial charge on any atom is 0.255 e. The smallest absolute Gasteiger partial charge is 0.255 e. The number of carbonyl (C=O) groups is 1. The van der Waals surface area contributed by atoms with Crippen LogP contribution in [0.3, 0.4) is 0 Å². The van der Waals surface area contributed by atoms with Crippen LogP contribution in [0.1, 0.15) is 26.6 Å². The number of nitrogens with zero attached hydrogens (tertiary/aromatic N) is 2. The molecule has 0 saturated carbocycles. The first-order valence-electron chi connectivity index (χ1n) is 10.5. The van der Waals surface area contributed by atoms with Crippen LogP contribution < -0.4 is 10.1 Å². The molecule has 1 aliphatic heterocycles. The van der Waals surface area contributed by atoms with Gasteiger partial charge in [0, 0.05) is 25.0 Å². The summed E-state index contributed by atoms with van der Waals surface area (Å²) >= 11 is 1.55. The highest BCUT2D eigenvalue weighted by molar-refractivity contribution is 7.89. The van der Waals surface area contributed by atoms with Crippen LogP contribution in [0.2, 0.25) is 0 Å². The fourth-order valence-corrected chi connectivity index (χ4v) is 5.40. The van der Waals surface area contributed by atoms with Gasteiger partial charge in [-0.25, -0.2) is 13.4 Å². The van der Waals surface area contributed by atoms with E-state index >= 15 is 0 Å². The number of ether oxygens (including phenoxy) is 2. The van der Waals surface area contributed by atoms with E-state index in [4.69, 9.17) is 9.47 Å². The molecule has 33 heavy (non-hydrogen) atoms. The Labute approximate surface area is 197 Å². The van der Waals surface area contributed by atoms with E-state index in [-0.39, 0.29) is 24.0 Å². The summed E-state index contributed by atoms with van der Waals surface area (Å²) in [5.74, 6) is 0.206. The molecule has 10 heteroatoms. The van der Waals surface area contributed by atoms with Gasteiger partial charge >= 0.3 is 0 Å². The summed E-state index contributed by atoms with van der Waals surface area (Å²) in [6.07, 6.45) is 0. The number of sulfonamides is 1. The van der Waals surface area contributed by atoms with Crippen molar-refractivity contribution in [2.75, 3.05) is 26.3 Å². The lowest BCUT2D eigenvalue weighted by atomic mass is 10.1. The fourth-order valence-electron chi connectivity index (χ4n) is 3.40. The number of hydrogen-bond donors (Lipinski definition) is 1. The normalized spacial score (nSPS) is 14.7. The van der Waals surface area contributed by atoms with Crippen LogP contribution in [-0.4, -0.2) is 49.9 Å². The molecule has 4 rings (SSSR count). The largest absolute Gasteiger partial charge is 0.486 e. The van der Waals surface area contributed by atoms with Crippen molar-refractivity contribution in [2.24, 2.45) is 0 Å². The lowest BCUT2D eigenvalue weighted by molar-refractivity contribution is 0.0730. The van der Waals surface area contributed by atoms with E-state index in [0.717, 1.165) is 16.3 Å². The number of morpholine rings is 1. The average Bonchev–Trinajstić information content (AvgIpc) is 3.27. The van der Waals surface area contributed by atoms with Crippen molar-refractivity contribution in [3.8, 4) is 5.75 Å². The van der Waals surface area contributed by atoms with E-state index in [9.17, 15) is 13.2 Å². The van der Waals surface area contributed by atoms with Gasteiger partial charge in [-0.1, -0.05) is 24.3 Å². The van der Waals surface area contributed by atoms with Gasteiger partial charge in [0.05, 0.1) is 34.4 Å². The van der Waals surface area contributed by atoms with Gasteiger partial charge in [-0.05, 0) is 36.8 Å². The number of thiazole rings is 1. The van der Waals surface area contributed by atoms with E-state index in [2.05, 4.69) is 10.3 Å². The van der Waals surface area contributed by atoms with E-state index in [1.807, 2.05) is 18.4 Å². The van der Waals surface area contributed by atoms with Crippen LogP contribution in [0.4, 0.5) is 0 Å². The Hall–Kier alpha value is -2.79. The maximum absolute atomic E-state index is 12.8. The second-order valence-electron chi connectivity index (χ2n) is 7.49. The molecule has 0 atom stereocenters. The molecule has 174 valence electrons. The molecule has 0 aliphatic carbocycles. The van der Waals surface area contributed by atoms with Crippen molar-refractivity contribution in [3.63, 3.8) is 0 Å². The van der Waals surface area contributed by atoms with Crippen LogP contribution in [-0.2, 0) is 27.9 Å². The molecule has 0 radical (unpaired) electrons. The summed E-state index contributed by atoms with van der Waals surface area (Å²) in [4.78, 5) is 17.4. The van der Waals surface area contributed by atoms with Crippen molar-refractivity contribution in [3.05, 3.63) is 75.7 Å². The topological polar surface area (TPSA) is 97.8 Å². The summed E-state index contributed by atoms with van der Waals surface area (Å²) < 4.78 is 38.0. The number of aromatic nitrogens is 1. The Morgan fingerprint density at radius 2 is 1.88 bits per heavy atom. The molecule has 1 amide bonds. The number of benzene rings is 2. The molecule has 1 aromatic heterocycles. The standard InChI is InChI=1S/C23H25N3O5S2/c1-17-25-19(16-32-17)15-31-22-5-3-2-4-21(22)23(27)24-14-18-6-8-20(9-7-18)33(28,29)26-10-12-30-13-11-26/h2-9,16H,10-15H2,1H3,(H,24,27). The van der Waals surface area contributed by atoms with Gasteiger partial charge in [0.25, 0.3) is 5.91 Å². The highest BCUT2D eigenvalue weighted by atomic mass is 32.2. The summed E-state index contributed by atoms with van der Waals surface area (Å²) in [6.45, 7) is 3.98. The van der Waals surface area contributed by atoms with Crippen LogP contribution in [0, 0.1) is 6.92 Å². The van der Waals surface area contributed by atoms with Gasteiger partial charge < -0.3 is 14.8 Å². The highest BCUT2D eigenvalue weighted by Gasteiger charge is 2.26. The first-order valence-corrected chi connectivity index (χ1v) is 12.8. The number of rotatable bonds is 8. The van der Waals surface area contributed by atoms with Gasteiger partial charge in [-0.2, -0.15) is 4.31 Å². The second kappa shape index (κ2) is 10.4. The number of amides is 1. The molecule has 8 nitrogen and oxygen atoms in total. The average molecular weight is 488 g/mol. The number of hydrogen-bond acceptors (Lipinski definition) is 7. The Morgan fingerprint density at radius 1 is 1.15 bits per heavy atom. The third-order valence-corrected chi connectivity index (χ3v) is 7.89. The molecule has 2 aromatic carbocycles. The fraction of sp³-hybridized carbons (Fsp3) is 0.304. The molecule has 0 spiro atoms. The minimum atomic E-state index is -3.54. The van der Waals surface area contributed by atoms with Crippen LogP contribution in [0.25, 0.3) is 0 Å². The minimum absolute atomic E-state index is 0.232. The third kappa shape index (κ3) is 5.77. The molecule has 1 saturated heterocycles. The van der Waals surface area contributed by atoms with Crippen molar-refractivity contribution in [2.45, 2.75) is 25.0 Å². The summed E-state index contributed by atoms with van der Waals surface area (Å²) in [7, 11) is -3.54. The molecule has 1 N–H and O–H groups in total. The summed E-state index contributed by atoms with van der Waals surface area (Å²) in [5.41, 5.74) is 2.04. The Balaban J connectivity index is 1.37. The van der Waals surface area contributed by atoms with E-state index < -0.39 is 10.0 Å². The quantitative estimate of drug-likeness (QED) is 0.525. The van der Waals surface area contributed by atoms with Gasteiger partial charge in [-0.15, -0.1) is 11.3 Å². The molecule has 2 heterocycles. The van der Waals surface area contributed by atoms with Gasteiger partial charge in [0.1, 0.15) is 12.4 Å². The van der Waals surface area contributed by atoms with E-state index in [0.29, 0.717) is 37.6 Å². The monoisotopic (exact) mass is 487 g/mol. The SMILES string of the molecule is Cc1nc(COc2ccccc2C(=O)NCc2ccc(S(=O)(=O)N3CCOCC3)cc2)cs1. The maximum atomic E-state index is 12.8. The van der Waals surface area contributed by atoms with E-state index in [1.165, 1.54) is 4.31 Å². The van der Waals surface area contributed by atoms with Crippen LogP contribution in [0.5, 0.6) is 5.75 Å². The lowest BCUT2D eigenvalue weighted by Crippen LogP contribution is -2.40. The van der Waals surface area contributed by atoms with E-state index in [1.54, 1.807) is 53.8 Å². The lowest BCUT2D eigenvalue weighted by Gasteiger charge is -2.26. The van der Waals surface area contributed by atoms with Gasteiger partial charge in [0.15, 0.2) is 0 Å². The number of carbonyl (C=O) groups excluding carboxylic acids is 1. The molecule has 0 bridgehead atoms. The zero-order chi connectivity index (χ0) is 23.3. The van der Waals surface area contributed by atoms with Crippen molar-refractivity contribution >= 4 is 27.3 Å². The zero-order valence-corrected chi connectivity index (χ0v) is 19.8.